The molecule has 6 nitrogen and oxygen atoms in total. The summed E-state index contributed by atoms with van der Waals surface area (Å²) in [5, 5.41) is 3.12. The highest BCUT2D eigenvalue weighted by molar-refractivity contribution is 7.99. The lowest BCUT2D eigenvalue weighted by Gasteiger charge is -2.25. The topological polar surface area (TPSA) is 69.7 Å². The van der Waals surface area contributed by atoms with Crippen molar-refractivity contribution in [1.82, 2.24) is 9.21 Å². The first-order valence-corrected chi connectivity index (χ1v) is 12.3. The summed E-state index contributed by atoms with van der Waals surface area (Å²) < 4.78 is 27.5. The van der Waals surface area contributed by atoms with Crippen LogP contribution in [0.2, 0.25) is 5.02 Å². The van der Waals surface area contributed by atoms with Crippen molar-refractivity contribution in [2.24, 2.45) is 0 Å². The molecule has 0 aliphatic carbocycles. The molecule has 0 bridgehead atoms. The molecule has 0 radical (unpaired) electrons. The number of benzene rings is 1. The van der Waals surface area contributed by atoms with Gasteiger partial charge in [-0.05, 0) is 31.0 Å². The maximum absolute atomic E-state index is 13.0. The number of nitrogens with one attached hydrogen (secondary N) is 1. The Bertz CT molecular complexity index is 759. The number of sulfonamides is 1. The molecule has 1 amide bonds. The van der Waals surface area contributed by atoms with E-state index >= 15 is 0 Å². The molecule has 1 aromatic carbocycles. The number of halogens is 1. The summed E-state index contributed by atoms with van der Waals surface area (Å²) in [7, 11) is -3.58. The van der Waals surface area contributed by atoms with Crippen LogP contribution in [0.3, 0.4) is 0 Å². The lowest BCUT2D eigenvalue weighted by molar-refractivity contribution is -0.117. The predicted octanol–water partition coefficient (Wildman–Crippen LogP) is 2.89. The Morgan fingerprint density at radius 1 is 1.07 bits per heavy atom. The van der Waals surface area contributed by atoms with Gasteiger partial charge in [0.05, 0.1) is 22.2 Å². The third kappa shape index (κ3) is 5.60. The van der Waals surface area contributed by atoms with Gasteiger partial charge in [0.15, 0.2) is 0 Å². The van der Waals surface area contributed by atoms with Crippen LogP contribution in [0.4, 0.5) is 5.69 Å². The SMILES string of the molecule is O=C(CN1CCSCC1)Nc1cc(S(=O)(=O)N2CCCCCC2)ccc1Cl. The summed E-state index contributed by atoms with van der Waals surface area (Å²) in [4.78, 5) is 14.6. The summed E-state index contributed by atoms with van der Waals surface area (Å²) in [5.41, 5.74) is 0.351. The molecular formula is C18H26ClN3O3S2. The highest BCUT2D eigenvalue weighted by Crippen LogP contribution is 2.28. The molecule has 3 rings (SSSR count). The van der Waals surface area contributed by atoms with Gasteiger partial charge in [0.25, 0.3) is 0 Å². The van der Waals surface area contributed by atoms with Crippen LogP contribution in [0, 0.1) is 0 Å². The van der Waals surface area contributed by atoms with Gasteiger partial charge in [-0.25, -0.2) is 8.42 Å². The van der Waals surface area contributed by atoms with E-state index in [1.807, 2.05) is 11.8 Å². The summed E-state index contributed by atoms with van der Waals surface area (Å²) >= 11 is 8.09. The fraction of sp³-hybridized carbons (Fsp3) is 0.611. The van der Waals surface area contributed by atoms with Gasteiger partial charge >= 0.3 is 0 Å². The van der Waals surface area contributed by atoms with E-state index in [1.165, 1.54) is 12.1 Å². The Labute approximate surface area is 170 Å². The van der Waals surface area contributed by atoms with Crippen LogP contribution in [-0.2, 0) is 14.8 Å². The van der Waals surface area contributed by atoms with Crippen LogP contribution >= 0.6 is 23.4 Å². The lowest BCUT2D eigenvalue weighted by Crippen LogP contribution is -2.38. The minimum absolute atomic E-state index is 0.173. The number of carbonyl (C=O) groups is 1. The van der Waals surface area contributed by atoms with Gasteiger partial charge in [-0.2, -0.15) is 16.1 Å². The van der Waals surface area contributed by atoms with E-state index in [-0.39, 0.29) is 10.8 Å². The average Bonchev–Trinajstić information content (AvgIpc) is 2.94. The van der Waals surface area contributed by atoms with Crippen molar-refractivity contribution in [3.8, 4) is 0 Å². The van der Waals surface area contributed by atoms with E-state index in [4.69, 9.17) is 11.6 Å². The van der Waals surface area contributed by atoms with E-state index in [9.17, 15) is 13.2 Å². The molecule has 2 heterocycles. The van der Waals surface area contributed by atoms with Crippen molar-refractivity contribution >= 4 is 45.0 Å². The van der Waals surface area contributed by atoms with Crippen LogP contribution in [0.1, 0.15) is 25.7 Å². The molecule has 2 saturated heterocycles. The zero-order chi connectivity index (χ0) is 19.3. The third-order valence-electron chi connectivity index (χ3n) is 4.89. The minimum Gasteiger partial charge on any atom is -0.324 e. The van der Waals surface area contributed by atoms with Crippen molar-refractivity contribution in [2.45, 2.75) is 30.6 Å². The molecule has 9 heteroatoms. The average molecular weight is 432 g/mol. The minimum atomic E-state index is -3.58. The highest BCUT2D eigenvalue weighted by Gasteiger charge is 2.26. The number of nitrogens with zero attached hydrogens (tertiary/aromatic N) is 2. The van der Waals surface area contributed by atoms with E-state index in [0.717, 1.165) is 50.3 Å². The summed E-state index contributed by atoms with van der Waals surface area (Å²) in [6.07, 6.45) is 3.88. The Kier molecular flexibility index (Phi) is 7.44. The molecule has 1 N–H and O–H groups in total. The number of carbonyl (C=O) groups excluding carboxylic acids is 1. The fourth-order valence-corrected chi connectivity index (χ4v) is 6.03. The second kappa shape index (κ2) is 9.60. The smallest absolute Gasteiger partial charge is 0.243 e. The van der Waals surface area contributed by atoms with E-state index in [1.54, 1.807) is 10.4 Å². The van der Waals surface area contributed by atoms with Gasteiger partial charge in [0.2, 0.25) is 15.9 Å². The maximum Gasteiger partial charge on any atom is 0.243 e. The second-order valence-electron chi connectivity index (χ2n) is 6.90. The summed E-state index contributed by atoms with van der Waals surface area (Å²) in [6.45, 7) is 3.14. The fourth-order valence-electron chi connectivity index (χ4n) is 3.34. The predicted molar refractivity (Wildman–Crippen MR) is 111 cm³/mol. The number of rotatable bonds is 5. The van der Waals surface area contributed by atoms with Gasteiger partial charge in [0, 0.05) is 37.7 Å². The summed E-state index contributed by atoms with van der Waals surface area (Å²) in [5.74, 6) is 1.88. The highest BCUT2D eigenvalue weighted by atomic mass is 35.5. The molecule has 27 heavy (non-hydrogen) atoms. The van der Waals surface area contributed by atoms with Crippen molar-refractivity contribution in [3.63, 3.8) is 0 Å². The van der Waals surface area contributed by atoms with Crippen LogP contribution < -0.4 is 5.32 Å². The first-order chi connectivity index (χ1) is 13.0. The van der Waals surface area contributed by atoms with Crippen LogP contribution in [0.5, 0.6) is 0 Å². The first-order valence-electron chi connectivity index (χ1n) is 9.36. The van der Waals surface area contributed by atoms with Crippen molar-refractivity contribution < 1.29 is 13.2 Å². The summed E-state index contributed by atoms with van der Waals surface area (Å²) in [6, 6.07) is 4.53. The molecule has 2 aliphatic heterocycles. The van der Waals surface area contributed by atoms with Gasteiger partial charge in [-0.15, -0.1) is 0 Å². The van der Waals surface area contributed by atoms with Crippen molar-refractivity contribution in [1.29, 1.82) is 0 Å². The molecule has 0 saturated carbocycles. The monoisotopic (exact) mass is 431 g/mol. The van der Waals surface area contributed by atoms with Gasteiger partial charge < -0.3 is 5.32 Å². The van der Waals surface area contributed by atoms with Crippen LogP contribution in [-0.4, -0.2) is 67.8 Å². The maximum atomic E-state index is 13.0. The quantitative estimate of drug-likeness (QED) is 0.776. The Balaban J connectivity index is 1.72. The van der Waals surface area contributed by atoms with Gasteiger partial charge in [-0.3, -0.25) is 9.69 Å². The molecule has 0 atom stereocenters. The third-order valence-corrected chi connectivity index (χ3v) is 8.05. The standard InChI is InChI=1S/C18H26ClN3O3S2/c19-16-6-5-15(27(24,25)22-7-3-1-2-4-8-22)13-17(16)20-18(23)14-21-9-11-26-12-10-21/h5-6,13H,1-4,7-12,14H2,(H,20,23). The molecule has 1 aromatic rings. The van der Waals surface area contributed by atoms with E-state index in [0.29, 0.717) is 30.3 Å². The van der Waals surface area contributed by atoms with Crippen molar-refractivity contribution in [2.75, 3.05) is 49.5 Å². The largest absolute Gasteiger partial charge is 0.324 e. The molecule has 0 aromatic heterocycles. The number of amides is 1. The van der Waals surface area contributed by atoms with Crippen LogP contribution in [0.25, 0.3) is 0 Å². The Morgan fingerprint density at radius 2 is 1.74 bits per heavy atom. The molecule has 0 spiro atoms. The second-order valence-corrected chi connectivity index (χ2v) is 10.5. The van der Waals surface area contributed by atoms with E-state index < -0.39 is 10.0 Å². The zero-order valence-electron chi connectivity index (χ0n) is 15.3. The number of anilines is 1. The van der Waals surface area contributed by atoms with E-state index in [2.05, 4.69) is 10.2 Å². The first kappa shape index (κ1) is 20.9. The molecule has 2 fully saturated rings. The number of thioether (sulfide) groups is 1. The molecule has 0 unspecified atom stereocenters. The number of hydrogen-bond acceptors (Lipinski definition) is 5. The van der Waals surface area contributed by atoms with Crippen molar-refractivity contribution in [3.05, 3.63) is 23.2 Å². The normalized spacial score (nSPS) is 20.2. The van der Waals surface area contributed by atoms with Crippen LogP contribution in [0.15, 0.2) is 23.1 Å². The Hall–Kier alpha value is -0.800. The van der Waals surface area contributed by atoms with Gasteiger partial charge in [0.1, 0.15) is 0 Å². The number of hydrogen-bond donors (Lipinski definition) is 1. The molecule has 150 valence electrons. The Morgan fingerprint density at radius 3 is 2.41 bits per heavy atom. The molecular weight excluding hydrogens is 406 g/mol. The lowest BCUT2D eigenvalue weighted by atomic mass is 10.2. The zero-order valence-corrected chi connectivity index (χ0v) is 17.7. The molecule has 2 aliphatic rings. The van der Waals surface area contributed by atoms with Gasteiger partial charge in [-0.1, -0.05) is 24.4 Å².